The van der Waals surface area contributed by atoms with Crippen LogP contribution in [-0.4, -0.2) is 17.8 Å². The molecule has 2 atom stereocenters. The highest BCUT2D eigenvalue weighted by Gasteiger charge is 2.47. The molecule has 3 aromatic carbocycles. The Balaban J connectivity index is 1.92. The van der Waals surface area contributed by atoms with Crippen molar-refractivity contribution in [1.29, 1.82) is 0 Å². The van der Waals surface area contributed by atoms with Gasteiger partial charge in [-0.15, -0.1) is 0 Å². The first kappa shape index (κ1) is 13.8. The zero-order valence-electron chi connectivity index (χ0n) is 13.3. The summed E-state index contributed by atoms with van der Waals surface area (Å²) in [5.74, 6) is 0.893. The molecule has 0 aromatic heterocycles. The van der Waals surface area contributed by atoms with Gasteiger partial charge in [-0.3, -0.25) is 0 Å². The van der Waals surface area contributed by atoms with Crippen molar-refractivity contribution >= 4 is 16.8 Å². The molecular weight excluding hydrogens is 296 g/mol. The molecule has 1 heterocycles. The minimum absolute atomic E-state index is 0.445. The fourth-order valence-electron chi connectivity index (χ4n) is 4.41. The monoisotopic (exact) mass is 314 g/mol. The SMILES string of the molecule is O[C@H]1C=Cc2ccccc2C12CCOc1ccc3ccccc3c12. The Kier molecular flexibility index (Phi) is 2.85. The highest BCUT2D eigenvalue weighted by atomic mass is 16.5. The molecule has 0 amide bonds. The number of ether oxygens (including phenoxy) is 1. The Labute approximate surface area is 141 Å². The Hall–Kier alpha value is -2.58. The van der Waals surface area contributed by atoms with Gasteiger partial charge in [0.05, 0.1) is 18.1 Å². The van der Waals surface area contributed by atoms with Crippen molar-refractivity contribution in [3.63, 3.8) is 0 Å². The Morgan fingerprint density at radius 3 is 2.75 bits per heavy atom. The van der Waals surface area contributed by atoms with Crippen LogP contribution in [-0.2, 0) is 5.41 Å². The van der Waals surface area contributed by atoms with Crippen LogP contribution in [0.15, 0.2) is 66.7 Å². The predicted molar refractivity (Wildman–Crippen MR) is 96.3 cm³/mol. The first-order valence-electron chi connectivity index (χ1n) is 8.41. The van der Waals surface area contributed by atoms with Crippen LogP contribution in [0.1, 0.15) is 23.1 Å². The maximum absolute atomic E-state index is 11.1. The summed E-state index contributed by atoms with van der Waals surface area (Å²) in [4.78, 5) is 0. The molecule has 0 bridgehead atoms. The van der Waals surface area contributed by atoms with Gasteiger partial charge in [-0.05, 0) is 34.4 Å². The Morgan fingerprint density at radius 2 is 1.79 bits per heavy atom. The minimum Gasteiger partial charge on any atom is -0.493 e. The van der Waals surface area contributed by atoms with Crippen LogP contribution >= 0.6 is 0 Å². The number of aliphatic hydroxyl groups is 1. The molecule has 1 aliphatic heterocycles. The number of aliphatic hydroxyl groups excluding tert-OH is 1. The van der Waals surface area contributed by atoms with Crippen LogP contribution in [0.3, 0.4) is 0 Å². The lowest BCUT2D eigenvalue weighted by atomic mass is 9.62. The van der Waals surface area contributed by atoms with E-state index in [0.717, 1.165) is 17.7 Å². The van der Waals surface area contributed by atoms with Crippen LogP contribution in [0.5, 0.6) is 5.75 Å². The van der Waals surface area contributed by atoms with E-state index < -0.39 is 11.5 Å². The molecule has 0 radical (unpaired) electrons. The van der Waals surface area contributed by atoms with E-state index >= 15 is 0 Å². The molecule has 1 spiro atoms. The zero-order chi connectivity index (χ0) is 16.1. The van der Waals surface area contributed by atoms with Crippen LogP contribution < -0.4 is 4.74 Å². The van der Waals surface area contributed by atoms with Gasteiger partial charge in [-0.25, -0.2) is 0 Å². The van der Waals surface area contributed by atoms with Gasteiger partial charge < -0.3 is 9.84 Å². The lowest BCUT2D eigenvalue weighted by Crippen LogP contribution is -2.45. The van der Waals surface area contributed by atoms with Crippen LogP contribution in [0, 0.1) is 0 Å². The number of fused-ring (bicyclic) bond motifs is 6. The second-order valence-corrected chi connectivity index (χ2v) is 6.62. The Bertz CT molecular complexity index is 973. The summed E-state index contributed by atoms with van der Waals surface area (Å²) >= 11 is 0. The molecule has 1 aliphatic carbocycles. The van der Waals surface area contributed by atoms with E-state index in [9.17, 15) is 5.11 Å². The highest BCUT2D eigenvalue weighted by Crippen LogP contribution is 2.51. The van der Waals surface area contributed by atoms with Crippen molar-refractivity contribution in [2.75, 3.05) is 6.61 Å². The molecule has 0 fully saturated rings. The number of hydrogen-bond acceptors (Lipinski definition) is 2. The molecular formula is C22H18O2. The molecule has 0 saturated carbocycles. The van der Waals surface area contributed by atoms with Gasteiger partial charge in [-0.1, -0.05) is 66.7 Å². The van der Waals surface area contributed by atoms with Gasteiger partial charge >= 0.3 is 0 Å². The fourth-order valence-corrected chi connectivity index (χ4v) is 4.41. The first-order valence-corrected chi connectivity index (χ1v) is 8.41. The van der Waals surface area contributed by atoms with E-state index in [1.807, 2.05) is 18.2 Å². The maximum atomic E-state index is 11.1. The van der Waals surface area contributed by atoms with Crippen LogP contribution in [0.2, 0.25) is 0 Å². The van der Waals surface area contributed by atoms with Crippen molar-refractivity contribution in [3.05, 3.63) is 83.4 Å². The number of benzene rings is 3. The lowest BCUT2D eigenvalue weighted by molar-refractivity contribution is 0.108. The standard InChI is InChI=1S/C22H18O2/c23-20-12-10-16-6-2-4-8-18(16)22(20)13-14-24-19-11-9-15-5-1-3-7-17(15)21(19)22/h1-12,20,23H,13-14H2/t20-,22?/m0/s1. The first-order chi connectivity index (χ1) is 11.8. The van der Waals surface area contributed by atoms with Crippen molar-refractivity contribution in [3.8, 4) is 5.75 Å². The number of rotatable bonds is 0. The topological polar surface area (TPSA) is 29.5 Å². The number of hydrogen-bond donors (Lipinski definition) is 1. The summed E-state index contributed by atoms with van der Waals surface area (Å²) in [5, 5.41) is 13.4. The molecule has 2 nitrogen and oxygen atoms in total. The van der Waals surface area contributed by atoms with Gasteiger partial charge in [-0.2, -0.15) is 0 Å². The van der Waals surface area contributed by atoms with E-state index in [2.05, 4.69) is 54.6 Å². The Morgan fingerprint density at radius 1 is 0.958 bits per heavy atom. The molecule has 3 aromatic rings. The van der Waals surface area contributed by atoms with E-state index in [4.69, 9.17) is 4.74 Å². The van der Waals surface area contributed by atoms with Gasteiger partial charge in [0.1, 0.15) is 5.75 Å². The van der Waals surface area contributed by atoms with E-state index in [1.54, 1.807) is 0 Å². The van der Waals surface area contributed by atoms with Gasteiger partial charge in [0.25, 0.3) is 0 Å². The third kappa shape index (κ3) is 1.69. The molecule has 2 aliphatic rings. The second kappa shape index (κ2) is 4.96. The normalized spacial score (nSPS) is 24.5. The van der Waals surface area contributed by atoms with Crippen molar-refractivity contribution < 1.29 is 9.84 Å². The predicted octanol–water partition coefficient (Wildman–Crippen LogP) is 4.30. The molecule has 1 unspecified atom stereocenters. The third-order valence-electron chi connectivity index (χ3n) is 5.50. The maximum Gasteiger partial charge on any atom is 0.124 e. The summed E-state index contributed by atoms with van der Waals surface area (Å²) < 4.78 is 5.99. The van der Waals surface area contributed by atoms with E-state index in [-0.39, 0.29) is 0 Å². The van der Waals surface area contributed by atoms with Gasteiger partial charge in [0.15, 0.2) is 0 Å². The zero-order valence-corrected chi connectivity index (χ0v) is 13.3. The quantitative estimate of drug-likeness (QED) is 0.670. The molecule has 24 heavy (non-hydrogen) atoms. The van der Waals surface area contributed by atoms with Crippen molar-refractivity contribution in [1.82, 2.24) is 0 Å². The average molecular weight is 314 g/mol. The lowest BCUT2D eigenvalue weighted by Gasteiger charge is -2.45. The van der Waals surface area contributed by atoms with Crippen molar-refractivity contribution in [2.45, 2.75) is 17.9 Å². The van der Waals surface area contributed by atoms with Gasteiger partial charge in [0, 0.05) is 5.56 Å². The fraction of sp³-hybridized carbons (Fsp3) is 0.182. The minimum atomic E-state index is -0.555. The average Bonchev–Trinajstić information content (AvgIpc) is 2.65. The summed E-state index contributed by atoms with van der Waals surface area (Å²) in [5.41, 5.74) is 3.06. The summed E-state index contributed by atoms with van der Waals surface area (Å²) in [6.45, 7) is 0.616. The largest absolute Gasteiger partial charge is 0.493 e. The van der Waals surface area contributed by atoms with Crippen LogP contribution in [0.4, 0.5) is 0 Å². The second-order valence-electron chi connectivity index (χ2n) is 6.62. The summed E-state index contributed by atoms with van der Waals surface area (Å²) in [6.07, 6.45) is 4.18. The molecule has 2 heteroatoms. The molecule has 1 N–H and O–H groups in total. The molecule has 5 rings (SSSR count). The van der Waals surface area contributed by atoms with E-state index in [1.165, 1.54) is 21.9 Å². The van der Waals surface area contributed by atoms with Gasteiger partial charge in [0.2, 0.25) is 0 Å². The highest BCUT2D eigenvalue weighted by molar-refractivity contribution is 5.90. The van der Waals surface area contributed by atoms with Crippen LogP contribution in [0.25, 0.3) is 16.8 Å². The summed E-state index contributed by atoms with van der Waals surface area (Å²) in [7, 11) is 0. The van der Waals surface area contributed by atoms with E-state index in [0.29, 0.717) is 6.61 Å². The summed E-state index contributed by atoms with van der Waals surface area (Å²) in [6, 6.07) is 20.9. The molecule has 118 valence electrons. The molecule has 0 saturated heterocycles. The third-order valence-corrected chi connectivity index (χ3v) is 5.50. The smallest absolute Gasteiger partial charge is 0.124 e. The van der Waals surface area contributed by atoms with Crippen molar-refractivity contribution in [2.24, 2.45) is 0 Å².